The zero-order valence-electron chi connectivity index (χ0n) is 44.4. The maximum absolute atomic E-state index is 9.40. The fourth-order valence-corrected chi connectivity index (χ4v) is 11.1. The molecule has 0 unspecified atom stereocenters. The van der Waals surface area contributed by atoms with Crippen LogP contribution in [-0.2, 0) is 12.8 Å². The summed E-state index contributed by atoms with van der Waals surface area (Å²) in [6.45, 7) is 0. The maximum atomic E-state index is 9.40. The number of fused-ring (bicyclic) bond motifs is 14. The van der Waals surface area contributed by atoms with Gasteiger partial charge in [0.1, 0.15) is 0 Å². The maximum Gasteiger partial charge on any atom is 0.241 e. The van der Waals surface area contributed by atoms with E-state index in [0.717, 1.165) is 86.1 Å². The average Bonchev–Trinajstić information content (AvgIpc) is 4.38. The summed E-state index contributed by atoms with van der Waals surface area (Å²) in [5.41, 5.74) is 11.1. The Morgan fingerprint density at radius 1 is 0.353 bits per heavy atom. The molecule has 0 fully saturated rings. The second kappa shape index (κ2) is 14.3. The quantitative estimate of drug-likeness (QED) is 0.173. The van der Waals surface area contributed by atoms with Gasteiger partial charge in [0.2, 0.25) is 17.8 Å². The van der Waals surface area contributed by atoms with Crippen molar-refractivity contribution in [1.82, 2.24) is 33.2 Å². The molecular weight excluding hydrogens is 831 g/mol. The van der Waals surface area contributed by atoms with Gasteiger partial charge in [0.05, 0.1) is 55.1 Å². The second-order valence-electron chi connectivity index (χ2n) is 17.7. The first kappa shape index (κ1) is 30.4. The van der Waals surface area contributed by atoms with Crippen molar-refractivity contribution in [3.05, 3.63) is 211 Å². The molecule has 0 bridgehead atoms. The average molecular weight is 880 g/mol. The lowest BCUT2D eigenvalue weighted by atomic mass is 9.89. The Balaban J connectivity index is 1.05. The van der Waals surface area contributed by atoms with Crippen LogP contribution in [0.25, 0.3) is 122 Å². The topological polar surface area (TPSA) is 58.4 Å². The van der Waals surface area contributed by atoms with E-state index in [1.165, 1.54) is 11.1 Å². The molecule has 0 amide bonds. The largest absolute Gasteiger partial charge is 0.309 e. The number of nitrogens with zero attached hydrogens (tertiary/aromatic N) is 7. The number of aryl methyl sites for hydroxylation is 2. The van der Waals surface area contributed by atoms with Crippen molar-refractivity contribution >= 4 is 87.2 Å². The second-order valence-corrected chi connectivity index (χ2v) is 17.7. The summed E-state index contributed by atoms with van der Waals surface area (Å²) in [7, 11) is 0. The van der Waals surface area contributed by atoms with Crippen LogP contribution < -0.4 is 0 Å². The highest BCUT2D eigenvalue weighted by molar-refractivity contribution is 6.14. The Hall–Kier alpha value is -8.81. The lowest BCUT2D eigenvalue weighted by molar-refractivity contribution is 0.687. The van der Waals surface area contributed by atoms with Crippen molar-refractivity contribution in [2.75, 3.05) is 0 Å². The predicted octanol–water partition coefficient (Wildman–Crippen LogP) is 14.8. The van der Waals surface area contributed by atoms with Gasteiger partial charge in [0.25, 0.3) is 0 Å². The molecule has 9 aromatic carbocycles. The molecule has 14 aromatic rings. The van der Waals surface area contributed by atoms with Gasteiger partial charge in [-0.2, -0.15) is 15.0 Å². The number of hydrogen-bond acceptors (Lipinski definition) is 3. The van der Waals surface area contributed by atoms with Crippen molar-refractivity contribution in [2.24, 2.45) is 0 Å². The van der Waals surface area contributed by atoms with E-state index in [-0.39, 0.29) is 65.1 Å². The van der Waals surface area contributed by atoms with Crippen LogP contribution in [0.1, 0.15) is 34.9 Å². The fourth-order valence-electron chi connectivity index (χ4n) is 11.1. The smallest absolute Gasteiger partial charge is 0.241 e. The molecule has 0 spiro atoms. The number of rotatable bonds is 5. The third-order valence-corrected chi connectivity index (χ3v) is 14.1. The van der Waals surface area contributed by atoms with Crippen LogP contribution in [0.5, 0.6) is 0 Å². The summed E-state index contributed by atoms with van der Waals surface area (Å²) in [5.74, 6) is 0.338. The van der Waals surface area contributed by atoms with E-state index in [1.807, 2.05) is 54.6 Å². The van der Waals surface area contributed by atoms with Crippen LogP contribution in [-0.4, -0.2) is 33.2 Å². The minimum Gasteiger partial charge on any atom is -0.309 e. The van der Waals surface area contributed by atoms with E-state index >= 15 is 0 Å². The van der Waals surface area contributed by atoms with Gasteiger partial charge in [-0.1, -0.05) is 133 Å². The van der Waals surface area contributed by atoms with Gasteiger partial charge in [-0.05, 0) is 115 Å². The highest BCUT2D eigenvalue weighted by Crippen LogP contribution is 2.42. The first-order valence-corrected chi connectivity index (χ1v) is 23.0. The lowest BCUT2D eigenvalue weighted by Crippen LogP contribution is -2.14. The summed E-state index contributed by atoms with van der Waals surface area (Å²) in [6.07, 6.45) is 3.80. The van der Waals surface area contributed by atoms with E-state index in [1.54, 1.807) is 9.13 Å². The van der Waals surface area contributed by atoms with Crippen LogP contribution in [0, 0.1) is 0 Å². The van der Waals surface area contributed by atoms with Gasteiger partial charge in [0.15, 0.2) is 0 Å². The Kier molecular flexibility index (Phi) is 6.41. The van der Waals surface area contributed by atoms with Gasteiger partial charge < -0.3 is 4.57 Å². The fraction of sp³-hybridized carbons (Fsp3) is 0.0656. The van der Waals surface area contributed by atoms with E-state index in [4.69, 9.17) is 20.4 Å². The molecule has 7 heteroatoms. The summed E-state index contributed by atoms with van der Waals surface area (Å²) in [6, 6.07) is 48.9. The van der Waals surface area contributed by atoms with Gasteiger partial charge >= 0.3 is 0 Å². The number of hydrogen-bond donors (Lipinski definition) is 0. The molecule has 320 valence electrons. The molecule has 0 saturated carbocycles. The highest BCUT2D eigenvalue weighted by Gasteiger charge is 2.26. The lowest BCUT2D eigenvalue weighted by Gasteiger charge is -2.19. The van der Waals surface area contributed by atoms with E-state index in [2.05, 4.69) is 106 Å². The Morgan fingerprint density at radius 2 is 0.824 bits per heavy atom. The molecular formula is C61H41N7. The molecule has 68 heavy (non-hydrogen) atoms. The highest BCUT2D eigenvalue weighted by atomic mass is 15.3. The molecule has 0 N–H and O–H groups in total. The number of aromatic nitrogens is 7. The van der Waals surface area contributed by atoms with E-state index in [0.29, 0.717) is 32.6 Å². The molecule has 7 nitrogen and oxygen atoms in total. The molecule has 0 radical (unpaired) electrons. The molecule has 5 heterocycles. The molecule has 15 rings (SSSR count). The van der Waals surface area contributed by atoms with Crippen molar-refractivity contribution in [3.8, 4) is 34.7 Å². The summed E-state index contributed by atoms with van der Waals surface area (Å²) in [4.78, 5) is 16.0. The third kappa shape index (κ3) is 5.32. The minimum absolute atomic E-state index is 0.0578. The molecule has 1 aliphatic carbocycles. The third-order valence-electron chi connectivity index (χ3n) is 14.1. The van der Waals surface area contributed by atoms with Gasteiger partial charge in [0, 0.05) is 48.8 Å². The molecule has 5 aromatic heterocycles. The van der Waals surface area contributed by atoms with Crippen LogP contribution >= 0.6 is 0 Å². The molecule has 0 atom stereocenters. The zero-order chi connectivity index (χ0) is 51.4. The van der Waals surface area contributed by atoms with Crippen LogP contribution in [0.2, 0.25) is 0 Å². The monoisotopic (exact) mass is 879 g/mol. The van der Waals surface area contributed by atoms with Crippen molar-refractivity contribution in [2.45, 2.75) is 25.7 Å². The minimum atomic E-state index is -0.402. The molecule has 0 aliphatic heterocycles. The number of para-hydroxylation sites is 6. The Labute approximate surface area is 401 Å². The van der Waals surface area contributed by atoms with E-state index < -0.39 is 12.1 Å². The van der Waals surface area contributed by atoms with Crippen LogP contribution in [0.15, 0.2) is 200 Å². The van der Waals surface area contributed by atoms with Crippen LogP contribution in [0.3, 0.4) is 0 Å². The van der Waals surface area contributed by atoms with Crippen molar-refractivity contribution in [1.29, 1.82) is 0 Å². The van der Waals surface area contributed by atoms with Crippen LogP contribution in [0.4, 0.5) is 0 Å². The molecule has 1 aliphatic rings. The first-order valence-electron chi connectivity index (χ1n) is 27.0. The van der Waals surface area contributed by atoms with Gasteiger partial charge in [-0.3, -0.25) is 13.7 Å². The Bertz CT molecular complexity index is 4720. The SMILES string of the molecule is [2H]c1c([2H])c([2H])c2c(c1[2H])c1ccccc1n2-c1nc(-n2c3ccc(-c4ccc5c(c4)c4ccccc4n5-c4ccccc4)cc3c3ccc4c(c32)CCCC4)nc(-n2c3ccccc3c3c([2H])c([2H])c([2H])c([2H])c32)n1. The van der Waals surface area contributed by atoms with Crippen molar-refractivity contribution < 1.29 is 11.0 Å². The zero-order valence-corrected chi connectivity index (χ0v) is 36.4. The number of benzene rings is 9. The van der Waals surface area contributed by atoms with Crippen molar-refractivity contribution in [3.63, 3.8) is 0 Å². The van der Waals surface area contributed by atoms with Gasteiger partial charge in [-0.15, -0.1) is 0 Å². The van der Waals surface area contributed by atoms with Gasteiger partial charge in [-0.25, -0.2) is 0 Å². The summed E-state index contributed by atoms with van der Waals surface area (Å²) in [5, 5.41) is 6.10. The standard InChI is InChI=1S/C61H41N7/c1-2-17-41(18-3-1)65-51-25-11-10-24-47(51)49-36-39(31-34-56(49)65)40-32-35-57-50(37-40)48-33-30-38-16-4-5-19-42(38)58(48)68(57)61-63-59(66-52-26-12-6-20-43(52)44-21-7-13-27-53(44)66)62-60(64-61)67-54-28-14-8-22-45(54)46-23-9-15-29-55(46)67/h1-3,6-15,17-18,20-37H,4-5,16,19H2/i6D,8D,12D,14D,20D,22D,26D,28D. The summed E-state index contributed by atoms with van der Waals surface area (Å²) >= 11 is 0. The normalized spacial score (nSPS) is 14.7. The predicted molar refractivity (Wildman–Crippen MR) is 279 cm³/mol. The molecule has 0 saturated heterocycles. The Morgan fingerprint density at radius 3 is 1.44 bits per heavy atom. The first-order chi connectivity index (χ1) is 37.1. The van der Waals surface area contributed by atoms with E-state index in [9.17, 15) is 5.48 Å². The summed E-state index contributed by atoms with van der Waals surface area (Å²) < 4.78 is 80.1.